The highest BCUT2D eigenvalue weighted by Crippen LogP contribution is 2.46. The molecular weight excluding hydrogens is 295 g/mol. The molecule has 122 valence electrons. The van der Waals surface area contributed by atoms with Crippen molar-refractivity contribution in [2.24, 2.45) is 5.41 Å². The van der Waals surface area contributed by atoms with Crippen molar-refractivity contribution in [3.63, 3.8) is 0 Å². The van der Waals surface area contributed by atoms with Gasteiger partial charge in [-0.3, -0.25) is 19.4 Å². The number of likely N-dealkylation sites (tertiary alicyclic amines) is 1. The molecule has 0 bridgehead atoms. The van der Waals surface area contributed by atoms with Crippen LogP contribution >= 0.6 is 0 Å². The Kier molecular flexibility index (Phi) is 3.48. The maximum absolute atomic E-state index is 13.3. The van der Waals surface area contributed by atoms with Crippen molar-refractivity contribution in [2.75, 3.05) is 13.2 Å². The van der Waals surface area contributed by atoms with E-state index in [1.165, 1.54) is 11.0 Å². The summed E-state index contributed by atoms with van der Waals surface area (Å²) in [7, 11) is 0. The van der Waals surface area contributed by atoms with Gasteiger partial charge in [-0.05, 0) is 42.5 Å². The smallest absolute Gasteiger partial charge is 0.237 e. The molecule has 1 saturated heterocycles. The summed E-state index contributed by atoms with van der Waals surface area (Å²) in [6.45, 7) is 1.79. The number of fused-ring (bicyclic) bond motifs is 1. The van der Waals surface area contributed by atoms with Gasteiger partial charge in [0, 0.05) is 19.5 Å². The van der Waals surface area contributed by atoms with Crippen LogP contribution in [0.4, 0.5) is 4.39 Å². The fourth-order valence-electron chi connectivity index (χ4n) is 4.35. The average molecular weight is 316 g/mol. The third-order valence-electron chi connectivity index (χ3n) is 5.65. The van der Waals surface area contributed by atoms with Crippen molar-refractivity contribution in [1.82, 2.24) is 9.80 Å². The Morgan fingerprint density at radius 1 is 1.13 bits per heavy atom. The van der Waals surface area contributed by atoms with E-state index in [1.807, 2.05) is 6.07 Å². The van der Waals surface area contributed by atoms with Crippen molar-refractivity contribution >= 4 is 11.8 Å². The molecule has 5 heteroatoms. The summed E-state index contributed by atoms with van der Waals surface area (Å²) in [5.41, 5.74) is 1.73. The second kappa shape index (κ2) is 5.41. The van der Waals surface area contributed by atoms with Gasteiger partial charge in [-0.15, -0.1) is 0 Å². The van der Waals surface area contributed by atoms with E-state index in [0.29, 0.717) is 19.6 Å². The Balaban J connectivity index is 1.48. The highest BCUT2D eigenvalue weighted by atomic mass is 19.1. The molecule has 1 spiro atoms. The number of carbonyl (C=O) groups excluding carboxylic acids is 2. The normalized spacial score (nSPS) is 23.8. The van der Waals surface area contributed by atoms with Crippen LogP contribution in [-0.2, 0) is 22.6 Å². The topological polar surface area (TPSA) is 40.6 Å². The average Bonchev–Trinajstić information content (AvgIpc) is 3.09. The number of nitrogens with zero attached hydrogens (tertiary/aromatic N) is 2. The van der Waals surface area contributed by atoms with Crippen LogP contribution in [0, 0.1) is 11.2 Å². The third-order valence-corrected chi connectivity index (χ3v) is 5.65. The van der Waals surface area contributed by atoms with Crippen LogP contribution in [0.15, 0.2) is 18.2 Å². The highest BCUT2D eigenvalue weighted by Gasteiger charge is 2.52. The van der Waals surface area contributed by atoms with Crippen LogP contribution in [0.1, 0.15) is 43.2 Å². The van der Waals surface area contributed by atoms with Gasteiger partial charge < -0.3 is 0 Å². The number of amides is 2. The van der Waals surface area contributed by atoms with Crippen molar-refractivity contribution in [1.29, 1.82) is 0 Å². The summed E-state index contributed by atoms with van der Waals surface area (Å²) >= 11 is 0. The lowest BCUT2D eigenvalue weighted by molar-refractivity contribution is -0.144. The Labute approximate surface area is 135 Å². The van der Waals surface area contributed by atoms with Crippen LogP contribution in [0.5, 0.6) is 0 Å². The molecule has 3 aliphatic rings. The van der Waals surface area contributed by atoms with Crippen molar-refractivity contribution in [2.45, 2.75) is 45.1 Å². The number of hydrogen-bond donors (Lipinski definition) is 0. The number of hydrogen-bond acceptors (Lipinski definition) is 3. The van der Waals surface area contributed by atoms with Crippen LogP contribution in [-0.4, -0.2) is 34.8 Å². The number of rotatable bonds is 2. The molecule has 4 nitrogen and oxygen atoms in total. The zero-order valence-corrected chi connectivity index (χ0v) is 13.2. The standard InChI is InChI=1S/C18H21FN2O2/c19-15-4-3-14-11-20(8-5-13(14)9-15)12-21-16(22)10-18(17(21)23)6-1-2-7-18/h3-4,9H,1-2,5-8,10-12H2. The van der Waals surface area contributed by atoms with Crippen molar-refractivity contribution in [3.05, 3.63) is 35.1 Å². The maximum atomic E-state index is 13.3. The van der Waals surface area contributed by atoms with E-state index in [1.54, 1.807) is 6.07 Å². The largest absolute Gasteiger partial charge is 0.281 e. The second-order valence-electron chi connectivity index (χ2n) is 7.15. The first-order valence-electron chi connectivity index (χ1n) is 8.42. The Morgan fingerprint density at radius 3 is 2.70 bits per heavy atom. The molecule has 0 unspecified atom stereocenters. The van der Waals surface area contributed by atoms with Crippen molar-refractivity contribution in [3.8, 4) is 0 Å². The predicted octanol–water partition coefficient (Wildman–Crippen LogP) is 2.46. The highest BCUT2D eigenvalue weighted by molar-refractivity contribution is 6.06. The van der Waals surface area contributed by atoms with Gasteiger partial charge in [0.2, 0.25) is 11.8 Å². The van der Waals surface area contributed by atoms with Gasteiger partial charge >= 0.3 is 0 Å². The lowest BCUT2D eigenvalue weighted by Gasteiger charge is -2.32. The van der Waals surface area contributed by atoms with Crippen molar-refractivity contribution < 1.29 is 14.0 Å². The molecule has 0 radical (unpaired) electrons. The Hall–Kier alpha value is -1.75. The number of benzene rings is 1. The van der Waals surface area contributed by atoms with Gasteiger partial charge in [-0.1, -0.05) is 18.9 Å². The van der Waals surface area contributed by atoms with E-state index >= 15 is 0 Å². The Morgan fingerprint density at radius 2 is 1.91 bits per heavy atom. The maximum Gasteiger partial charge on any atom is 0.237 e. The Bertz CT molecular complexity index is 667. The molecule has 0 atom stereocenters. The molecule has 1 saturated carbocycles. The minimum atomic E-state index is -0.395. The molecular formula is C18H21FN2O2. The van der Waals surface area contributed by atoms with Gasteiger partial charge in [0.25, 0.3) is 0 Å². The van der Waals surface area contributed by atoms with Crippen LogP contribution in [0.3, 0.4) is 0 Å². The van der Waals surface area contributed by atoms with Gasteiger partial charge in [0.05, 0.1) is 12.1 Å². The summed E-state index contributed by atoms with van der Waals surface area (Å²) in [6, 6.07) is 4.87. The van der Waals surface area contributed by atoms with E-state index in [2.05, 4.69) is 4.90 Å². The fourth-order valence-corrected chi connectivity index (χ4v) is 4.35. The molecule has 0 aromatic heterocycles. The molecule has 23 heavy (non-hydrogen) atoms. The number of imide groups is 1. The van der Waals surface area contributed by atoms with Crippen LogP contribution in [0.2, 0.25) is 0 Å². The van der Waals surface area contributed by atoms with Gasteiger partial charge in [0.15, 0.2) is 0 Å². The van der Waals surface area contributed by atoms with Gasteiger partial charge in [0.1, 0.15) is 5.82 Å². The monoisotopic (exact) mass is 316 g/mol. The van der Waals surface area contributed by atoms with E-state index in [0.717, 1.165) is 49.8 Å². The van der Waals surface area contributed by atoms with Gasteiger partial charge in [-0.2, -0.15) is 0 Å². The zero-order valence-electron chi connectivity index (χ0n) is 13.2. The predicted molar refractivity (Wildman–Crippen MR) is 82.8 cm³/mol. The molecule has 2 fully saturated rings. The molecule has 2 aliphatic heterocycles. The van der Waals surface area contributed by atoms with E-state index < -0.39 is 5.41 Å². The number of halogens is 1. The third kappa shape index (κ3) is 2.47. The minimum Gasteiger partial charge on any atom is -0.281 e. The van der Waals surface area contributed by atoms with Crippen LogP contribution in [0.25, 0.3) is 0 Å². The van der Waals surface area contributed by atoms with E-state index in [-0.39, 0.29) is 17.6 Å². The quantitative estimate of drug-likeness (QED) is 0.787. The van der Waals surface area contributed by atoms with Gasteiger partial charge in [-0.25, -0.2) is 4.39 Å². The fraction of sp³-hybridized carbons (Fsp3) is 0.556. The SMILES string of the molecule is O=C1CC2(CCCC2)C(=O)N1CN1CCc2cc(F)ccc2C1. The molecule has 0 N–H and O–H groups in total. The lowest BCUT2D eigenvalue weighted by Crippen LogP contribution is -2.44. The first-order chi connectivity index (χ1) is 11.1. The molecule has 4 rings (SSSR count). The van der Waals surface area contributed by atoms with E-state index in [9.17, 15) is 14.0 Å². The molecule has 1 aromatic rings. The summed E-state index contributed by atoms with van der Waals surface area (Å²) < 4.78 is 13.3. The molecule has 2 amide bonds. The lowest BCUT2D eigenvalue weighted by atomic mass is 9.85. The summed E-state index contributed by atoms with van der Waals surface area (Å²) in [5.74, 6) is -0.197. The minimum absolute atomic E-state index is 0.0261. The molecule has 1 aliphatic carbocycles. The summed E-state index contributed by atoms with van der Waals surface area (Å²) in [5, 5.41) is 0. The van der Waals surface area contributed by atoms with E-state index in [4.69, 9.17) is 0 Å². The number of carbonyl (C=O) groups is 2. The summed E-state index contributed by atoms with van der Waals surface area (Å²) in [6.07, 6.45) is 4.97. The molecule has 1 aromatic carbocycles. The van der Waals surface area contributed by atoms with Crippen LogP contribution < -0.4 is 0 Å². The molecule has 2 heterocycles. The zero-order chi connectivity index (χ0) is 16.0. The summed E-state index contributed by atoms with van der Waals surface area (Å²) in [4.78, 5) is 28.6. The first-order valence-corrected chi connectivity index (χ1v) is 8.42. The second-order valence-corrected chi connectivity index (χ2v) is 7.15. The first kappa shape index (κ1) is 14.8.